The largest absolute Gasteiger partial charge is 0.495 e. The minimum Gasteiger partial charge on any atom is -0.495 e. The Labute approximate surface area is 232 Å². The number of hydrogen-bond donors (Lipinski definition) is 3. The topological polar surface area (TPSA) is 97.5 Å². The van der Waals surface area contributed by atoms with Crippen LogP contribution in [0.15, 0.2) is 53.8 Å². The molecule has 4 aromatic rings. The van der Waals surface area contributed by atoms with E-state index < -0.39 is 5.51 Å². The number of aryl methyl sites for hydroxylation is 1. The van der Waals surface area contributed by atoms with Crippen LogP contribution in [0.3, 0.4) is 0 Å². The first kappa shape index (κ1) is 27.3. The Morgan fingerprint density at radius 2 is 2.10 bits per heavy atom. The van der Waals surface area contributed by atoms with E-state index in [1.165, 1.54) is 18.6 Å². The molecule has 5 rings (SSSR count). The first-order chi connectivity index (χ1) is 19.3. The van der Waals surface area contributed by atoms with Gasteiger partial charge in [0.15, 0.2) is 5.65 Å². The summed E-state index contributed by atoms with van der Waals surface area (Å²) in [5.74, 6) is 5.85. The number of amides is 1. The molecule has 0 spiro atoms. The van der Waals surface area contributed by atoms with Crippen molar-refractivity contribution >= 4 is 34.7 Å². The number of nitrogens with zero attached hydrogens (tertiary/aromatic N) is 4. The van der Waals surface area contributed by atoms with Gasteiger partial charge < -0.3 is 20.7 Å². The van der Waals surface area contributed by atoms with Crippen LogP contribution in [-0.4, -0.2) is 57.3 Å². The van der Waals surface area contributed by atoms with Crippen LogP contribution in [0.4, 0.5) is 24.5 Å². The van der Waals surface area contributed by atoms with E-state index in [4.69, 9.17) is 4.74 Å². The summed E-state index contributed by atoms with van der Waals surface area (Å²) in [6.07, 6.45) is 4.90. The van der Waals surface area contributed by atoms with E-state index in [1.54, 1.807) is 36.7 Å². The van der Waals surface area contributed by atoms with E-state index in [1.807, 2.05) is 16.8 Å². The molecule has 0 saturated carbocycles. The molecule has 0 fully saturated rings. The number of methoxy groups -OCH3 is 1. The zero-order chi connectivity index (χ0) is 28.3. The van der Waals surface area contributed by atoms with Gasteiger partial charge in [-0.2, -0.15) is 18.3 Å². The van der Waals surface area contributed by atoms with Gasteiger partial charge in [-0.3, -0.25) is 13.9 Å². The summed E-state index contributed by atoms with van der Waals surface area (Å²) >= 11 is -0.243. The molecule has 3 aromatic heterocycles. The lowest BCUT2D eigenvalue weighted by atomic mass is 10.0. The molecule has 0 saturated heterocycles. The third kappa shape index (κ3) is 5.96. The van der Waals surface area contributed by atoms with Crippen molar-refractivity contribution in [1.29, 1.82) is 0 Å². The number of alkyl halides is 3. The molecule has 0 bridgehead atoms. The fraction of sp³-hybridized carbons (Fsp3) is 0.296. The van der Waals surface area contributed by atoms with E-state index in [9.17, 15) is 18.0 Å². The van der Waals surface area contributed by atoms with Gasteiger partial charge in [0, 0.05) is 61.5 Å². The number of halogens is 3. The summed E-state index contributed by atoms with van der Waals surface area (Å²) < 4.78 is 49.3. The first-order valence-corrected chi connectivity index (χ1v) is 13.2. The number of pyridine rings is 1. The van der Waals surface area contributed by atoms with Crippen LogP contribution in [-0.2, 0) is 13.0 Å². The number of rotatable bonds is 7. The van der Waals surface area contributed by atoms with Crippen molar-refractivity contribution in [3.05, 3.63) is 65.7 Å². The van der Waals surface area contributed by atoms with Gasteiger partial charge in [0.2, 0.25) is 0 Å². The average molecular weight is 570 g/mol. The van der Waals surface area contributed by atoms with E-state index in [0.29, 0.717) is 28.3 Å². The fourth-order valence-electron chi connectivity index (χ4n) is 4.55. The SMILES string of the molecule is CNC(=O)c1ccc(NCC#Cc2nc3c(N[C@H]4CCn5nccc5C4)cccn3c2SC(F)(F)F)c(OC)c1. The molecule has 0 unspecified atom stereocenters. The number of anilines is 2. The lowest BCUT2D eigenvalue weighted by molar-refractivity contribution is -0.0330. The Hall–Kier alpha value is -4.31. The van der Waals surface area contributed by atoms with Gasteiger partial charge in [-0.1, -0.05) is 5.92 Å². The third-order valence-electron chi connectivity index (χ3n) is 6.39. The molecular formula is C27H26F3N7O2S. The predicted molar refractivity (Wildman–Crippen MR) is 147 cm³/mol. The molecule has 13 heteroatoms. The van der Waals surface area contributed by atoms with E-state index in [-0.39, 0.29) is 41.0 Å². The highest BCUT2D eigenvalue weighted by Gasteiger charge is 2.33. The van der Waals surface area contributed by atoms with Crippen molar-refractivity contribution in [1.82, 2.24) is 24.5 Å². The molecule has 208 valence electrons. The zero-order valence-electron chi connectivity index (χ0n) is 21.7. The van der Waals surface area contributed by atoms with Gasteiger partial charge in [-0.15, -0.1) is 0 Å². The average Bonchev–Trinajstić information content (AvgIpc) is 3.54. The minimum absolute atomic E-state index is 0.0297. The lowest BCUT2D eigenvalue weighted by Gasteiger charge is -2.25. The summed E-state index contributed by atoms with van der Waals surface area (Å²) in [7, 11) is 3.01. The van der Waals surface area contributed by atoms with Crippen LogP contribution in [0.1, 0.15) is 28.2 Å². The highest BCUT2D eigenvalue weighted by Crippen LogP contribution is 2.39. The molecule has 1 aliphatic heterocycles. The first-order valence-electron chi connectivity index (χ1n) is 12.4. The van der Waals surface area contributed by atoms with Crippen LogP contribution in [0, 0.1) is 11.8 Å². The van der Waals surface area contributed by atoms with E-state index >= 15 is 0 Å². The number of hydrogen-bond acceptors (Lipinski definition) is 7. The third-order valence-corrected chi connectivity index (χ3v) is 7.21. The number of carbonyl (C=O) groups excluding carboxylic acids is 1. The quantitative estimate of drug-likeness (QED) is 0.224. The monoisotopic (exact) mass is 569 g/mol. The number of nitrogens with one attached hydrogen (secondary N) is 3. The second-order valence-corrected chi connectivity index (χ2v) is 10.0. The molecule has 40 heavy (non-hydrogen) atoms. The van der Waals surface area contributed by atoms with Gasteiger partial charge in [0.25, 0.3) is 5.91 Å². The smallest absolute Gasteiger partial charge is 0.447 e. The second kappa shape index (κ2) is 11.4. The molecule has 1 aromatic carbocycles. The number of ether oxygens (including phenoxy) is 1. The van der Waals surface area contributed by atoms with Crippen LogP contribution in [0.25, 0.3) is 5.65 Å². The van der Waals surface area contributed by atoms with E-state index in [2.05, 4.69) is 37.9 Å². The van der Waals surface area contributed by atoms with Crippen molar-refractivity contribution in [3.8, 4) is 17.6 Å². The van der Waals surface area contributed by atoms with Crippen LogP contribution in [0.5, 0.6) is 5.75 Å². The van der Waals surface area contributed by atoms with Crippen molar-refractivity contribution in [2.24, 2.45) is 0 Å². The standard InChI is InChI=1S/C27H26F3N7O2S/c1-31-25(38)17-7-8-20(23(15-17)39-2)32-11-3-5-22-26(40-27(28,29)30)36-13-4-6-21(24(36)35-22)34-18-10-14-37-19(16-18)9-12-33-37/h4,6-9,12-13,15,18,32,34H,10-11,14,16H2,1-2H3,(H,31,38)/t18-/m0/s1. The van der Waals surface area contributed by atoms with Crippen molar-refractivity contribution in [3.63, 3.8) is 0 Å². The minimum atomic E-state index is -4.52. The molecule has 1 atom stereocenters. The Morgan fingerprint density at radius 3 is 2.88 bits per heavy atom. The second-order valence-electron chi connectivity index (χ2n) is 8.96. The van der Waals surface area contributed by atoms with Crippen LogP contribution < -0.4 is 20.7 Å². The highest BCUT2D eigenvalue weighted by atomic mass is 32.2. The Bertz CT molecular complexity index is 1600. The summed E-state index contributed by atoms with van der Waals surface area (Å²) in [5.41, 5.74) is -1.36. The maximum atomic E-state index is 13.5. The highest BCUT2D eigenvalue weighted by molar-refractivity contribution is 8.00. The molecule has 0 radical (unpaired) electrons. The molecule has 9 nitrogen and oxygen atoms in total. The van der Waals surface area contributed by atoms with E-state index in [0.717, 1.165) is 25.1 Å². The predicted octanol–water partition coefficient (Wildman–Crippen LogP) is 4.40. The number of benzene rings is 1. The molecule has 0 aliphatic carbocycles. The maximum absolute atomic E-state index is 13.5. The Balaban J connectivity index is 1.39. The van der Waals surface area contributed by atoms with Crippen LogP contribution >= 0.6 is 11.8 Å². The number of thioether (sulfide) groups is 1. The molecule has 1 amide bonds. The summed E-state index contributed by atoms with van der Waals surface area (Å²) in [5, 5.41) is 13.3. The van der Waals surface area contributed by atoms with Crippen molar-refractivity contribution in [2.45, 2.75) is 36.0 Å². The number of fused-ring (bicyclic) bond motifs is 2. The Kier molecular flexibility index (Phi) is 7.79. The zero-order valence-corrected chi connectivity index (χ0v) is 22.5. The molecular weight excluding hydrogens is 543 g/mol. The Morgan fingerprint density at radius 1 is 1.25 bits per heavy atom. The van der Waals surface area contributed by atoms with Gasteiger partial charge in [0.05, 0.1) is 25.0 Å². The van der Waals surface area contributed by atoms with Gasteiger partial charge in [-0.05, 0) is 48.7 Å². The normalized spacial score (nSPS) is 14.7. The summed E-state index contributed by atoms with van der Waals surface area (Å²) in [6, 6.07) is 10.5. The number of imidazole rings is 1. The van der Waals surface area contributed by atoms with Crippen LogP contribution in [0.2, 0.25) is 0 Å². The molecule has 3 N–H and O–H groups in total. The molecule has 1 aliphatic rings. The van der Waals surface area contributed by atoms with Gasteiger partial charge in [0.1, 0.15) is 16.5 Å². The fourth-order valence-corrected chi connectivity index (χ4v) is 5.21. The van der Waals surface area contributed by atoms with Gasteiger partial charge in [-0.25, -0.2) is 4.98 Å². The van der Waals surface area contributed by atoms with Gasteiger partial charge >= 0.3 is 5.51 Å². The maximum Gasteiger partial charge on any atom is 0.447 e. The lowest BCUT2D eigenvalue weighted by Crippen LogP contribution is -2.30. The molecule has 4 heterocycles. The number of aromatic nitrogens is 4. The number of carbonyl (C=O) groups is 1. The summed E-state index contributed by atoms with van der Waals surface area (Å²) in [4.78, 5) is 16.4. The summed E-state index contributed by atoms with van der Waals surface area (Å²) in [6.45, 7) is 0.871. The van der Waals surface area contributed by atoms with Crippen molar-refractivity contribution < 1.29 is 22.7 Å². The van der Waals surface area contributed by atoms with Crippen molar-refractivity contribution in [2.75, 3.05) is 31.3 Å².